The van der Waals surface area contributed by atoms with Crippen molar-refractivity contribution in [2.24, 2.45) is 0 Å². The predicted molar refractivity (Wildman–Crippen MR) is 76.7 cm³/mol. The number of ether oxygens (including phenoxy) is 2. The summed E-state index contributed by atoms with van der Waals surface area (Å²) in [7, 11) is 0. The molecule has 1 heterocycles. The minimum Gasteiger partial charge on any atom is -0.349 e. The standard InChI is InChI=1S/C16H32O2/c1-5-9-15(10-6-2)13-16(11-7-3,12-8-4)18-14-17-15/h5-14H2,1-4H3. The van der Waals surface area contributed by atoms with Crippen LogP contribution in [-0.4, -0.2) is 18.0 Å². The lowest BCUT2D eigenvalue weighted by molar-refractivity contribution is -0.271. The first kappa shape index (κ1) is 16.0. The number of hydrogen-bond donors (Lipinski definition) is 0. The van der Waals surface area contributed by atoms with E-state index in [2.05, 4.69) is 27.7 Å². The molecule has 1 aliphatic heterocycles. The van der Waals surface area contributed by atoms with Gasteiger partial charge in [-0.15, -0.1) is 0 Å². The van der Waals surface area contributed by atoms with E-state index in [0.717, 1.165) is 6.42 Å². The van der Waals surface area contributed by atoms with Gasteiger partial charge in [0, 0.05) is 6.42 Å². The molecule has 0 N–H and O–H groups in total. The molecule has 0 aromatic rings. The van der Waals surface area contributed by atoms with Crippen LogP contribution in [0, 0.1) is 0 Å². The molecule has 1 fully saturated rings. The summed E-state index contributed by atoms with van der Waals surface area (Å²) in [4.78, 5) is 0. The second kappa shape index (κ2) is 7.49. The molecule has 108 valence electrons. The minimum atomic E-state index is 0.0894. The molecule has 1 saturated heterocycles. The van der Waals surface area contributed by atoms with Crippen LogP contribution in [0.2, 0.25) is 0 Å². The Labute approximate surface area is 113 Å². The van der Waals surface area contributed by atoms with Crippen LogP contribution in [0.25, 0.3) is 0 Å². The van der Waals surface area contributed by atoms with Crippen LogP contribution in [0.4, 0.5) is 0 Å². The Morgan fingerprint density at radius 1 is 0.667 bits per heavy atom. The van der Waals surface area contributed by atoms with Gasteiger partial charge in [0.25, 0.3) is 0 Å². The second-order valence-corrected chi connectivity index (χ2v) is 5.95. The largest absolute Gasteiger partial charge is 0.349 e. The first-order valence-electron chi connectivity index (χ1n) is 7.94. The topological polar surface area (TPSA) is 18.5 Å². The van der Waals surface area contributed by atoms with Gasteiger partial charge in [0.15, 0.2) is 0 Å². The molecule has 1 aliphatic rings. The second-order valence-electron chi connectivity index (χ2n) is 5.95. The van der Waals surface area contributed by atoms with Crippen LogP contribution < -0.4 is 0 Å². The Bertz CT molecular complexity index is 180. The first-order chi connectivity index (χ1) is 8.66. The minimum absolute atomic E-state index is 0.0894. The molecule has 0 aromatic carbocycles. The van der Waals surface area contributed by atoms with E-state index < -0.39 is 0 Å². The lowest BCUT2D eigenvalue weighted by Crippen LogP contribution is -2.50. The van der Waals surface area contributed by atoms with Crippen LogP contribution in [0.3, 0.4) is 0 Å². The maximum absolute atomic E-state index is 6.07. The number of rotatable bonds is 8. The molecule has 0 unspecified atom stereocenters. The molecule has 1 rings (SSSR count). The van der Waals surface area contributed by atoms with Gasteiger partial charge in [0.05, 0.1) is 11.2 Å². The Kier molecular flexibility index (Phi) is 6.65. The van der Waals surface area contributed by atoms with Gasteiger partial charge in [-0.1, -0.05) is 53.4 Å². The van der Waals surface area contributed by atoms with E-state index in [0.29, 0.717) is 6.79 Å². The average Bonchev–Trinajstić information content (AvgIpc) is 2.30. The van der Waals surface area contributed by atoms with E-state index in [1.54, 1.807) is 0 Å². The Balaban J connectivity index is 2.81. The third kappa shape index (κ3) is 3.96. The van der Waals surface area contributed by atoms with E-state index in [1.807, 2.05) is 0 Å². The van der Waals surface area contributed by atoms with Gasteiger partial charge in [-0.25, -0.2) is 0 Å². The molecule has 2 heteroatoms. The lowest BCUT2D eigenvalue weighted by Gasteiger charge is -2.48. The molecule has 18 heavy (non-hydrogen) atoms. The fraction of sp³-hybridized carbons (Fsp3) is 1.00. The fourth-order valence-corrected chi connectivity index (χ4v) is 3.68. The van der Waals surface area contributed by atoms with E-state index in [1.165, 1.54) is 51.4 Å². The molecule has 0 spiro atoms. The number of hydrogen-bond acceptors (Lipinski definition) is 2. The van der Waals surface area contributed by atoms with Crippen molar-refractivity contribution in [3.8, 4) is 0 Å². The molecule has 0 aliphatic carbocycles. The highest BCUT2D eigenvalue weighted by Crippen LogP contribution is 2.43. The van der Waals surface area contributed by atoms with Gasteiger partial charge < -0.3 is 9.47 Å². The molecule has 0 bridgehead atoms. The molecule has 2 nitrogen and oxygen atoms in total. The summed E-state index contributed by atoms with van der Waals surface area (Å²) in [5, 5.41) is 0. The normalized spacial score (nSPS) is 22.0. The van der Waals surface area contributed by atoms with Gasteiger partial charge in [-0.3, -0.25) is 0 Å². The van der Waals surface area contributed by atoms with Crippen LogP contribution in [0.1, 0.15) is 85.5 Å². The van der Waals surface area contributed by atoms with Crippen LogP contribution in [0.5, 0.6) is 0 Å². The quantitative estimate of drug-likeness (QED) is 0.604. The van der Waals surface area contributed by atoms with Crippen LogP contribution in [0.15, 0.2) is 0 Å². The van der Waals surface area contributed by atoms with Crippen molar-refractivity contribution >= 4 is 0 Å². The summed E-state index contributed by atoms with van der Waals surface area (Å²) in [5.74, 6) is 0. The highest BCUT2D eigenvalue weighted by Gasteiger charge is 2.44. The summed E-state index contributed by atoms with van der Waals surface area (Å²) in [6.45, 7) is 9.55. The highest BCUT2D eigenvalue weighted by atomic mass is 16.7. The third-order valence-corrected chi connectivity index (χ3v) is 4.20. The van der Waals surface area contributed by atoms with E-state index >= 15 is 0 Å². The smallest absolute Gasteiger partial charge is 0.148 e. The average molecular weight is 256 g/mol. The van der Waals surface area contributed by atoms with Crippen molar-refractivity contribution in [3.05, 3.63) is 0 Å². The Morgan fingerprint density at radius 2 is 1.00 bits per heavy atom. The molecular formula is C16H32O2. The van der Waals surface area contributed by atoms with Crippen molar-refractivity contribution in [3.63, 3.8) is 0 Å². The zero-order chi connectivity index (χ0) is 13.5. The van der Waals surface area contributed by atoms with Gasteiger partial charge in [0.1, 0.15) is 6.79 Å². The molecule has 0 aromatic heterocycles. The van der Waals surface area contributed by atoms with Crippen molar-refractivity contribution in [1.29, 1.82) is 0 Å². The summed E-state index contributed by atoms with van der Waals surface area (Å²) >= 11 is 0. The maximum Gasteiger partial charge on any atom is 0.148 e. The molecule has 0 radical (unpaired) electrons. The van der Waals surface area contributed by atoms with Gasteiger partial charge in [0.2, 0.25) is 0 Å². The zero-order valence-corrected chi connectivity index (χ0v) is 12.9. The summed E-state index contributed by atoms with van der Waals surface area (Å²) in [6.07, 6.45) is 10.6. The van der Waals surface area contributed by atoms with Gasteiger partial charge >= 0.3 is 0 Å². The lowest BCUT2D eigenvalue weighted by atomic mass is 9.76. The SMILES string of the molecule is CCCC1(CCC)CC(CCC)(CCC)OCO1. The van der Waals surface area contributed by atoms with Crippen molar-refractivity contribution in [2.45, 2.75) is 96.7 Å². The molecule has 0 saturated carbocycles. The third-order valence-electron chi connectivity index (χ3n) is 4.20. The van der Waals surface area contributed by atoms with E-state index in [4.69, 9.17) is 9.47 Å². The molecule has 0 amide bonds. The Morgan fingerprint density at radius 3 is 1.28 bits per heavy atom. The Hall–Kier alpha value is -0.0800. The summed E-state index contributed by atoms with van der Waals surface area (Å²) in [5.41, 5.74) is 0.179. The molecule has 0 atom stereocenters. The monoisotopic (exact) mass is 256 g/mol. The van der Waals surface area contributed by atoms with Crippen LogP contribution >= 0.6 is 0 Å². The first-order valence-corrected chi connectivity index (χ1v) is 7.94. The van der Waals surface area contributed by atoms with Crippen LogP contribution in [-0.2, 0) is 9.47 Å². The zero-order valence-electron chi connectivity index (χ0n) is 12.9. The van der Waals surface area contributed by atoms with Crippen molar-refractivity contribution in [1.82, 2.24) is 0 Å². The maximum atomic E-state index is 6.07. The fourth-order valence-electron chi connectivity index (χ4n) is 3.68. The molecular weight excluding hydrogens is 224 g/mol. The van der Waals surface area contributed by atoms with E-state index in [9.17, 15) is 0 Å². The van der Waals surface area contributed by atoms with Gasteiger partial charge in [-0.2, -0.15) is 0 Å². The van der Waals surface area contributed by atoms with Gasteiger partial charge in [-0.05, 0) is 25.7 Å². The highest BCUT2D eigenvalue weighted by molar-refractivity contribution is 4.94. The van der Waals surface area contributed by atoms with Crippen molar-refractivity contribution < 1.29 is 9.47 Å². The summed E-state index contributed by atoms with van der Waals surface area (Å²) < 4.78 is 12.1. The van der Waals surface area contributed by atoms with Crippen molar-refractivity contribution in [2.75, 3.05) is 6.79 Å². The van der Waals surface area contributed by atoms with E-state index in [-0.39, 0.29) is 11.2 Å². The summed E-state index contributed by atoms with van der Waals surface area (Å²) in [6, 6.07) is 0. The predicted octanol–water partition coefficient (Wildman–Crippen LogP) is 5.06.